The van der Waals surface area contributed by atoms with Gasteiger partial charge >= 0.3 is 11.9 Å². The van der Waals surface area contributed by atoms with Crippen LogP contribution in [0.4, 0.5) is 0 Å². The van der Waals surface area contributed by atoms with Crippen molar-refractivity contribution in [1.29, 1.82) is 0 Å². The lowest BCUT2D eigenvalue weighted by Crippen LogP contribution is -2.36. The van der Waals surface area contributed by atoms with Crippen molar-refractivity contribution < 1.29 is 19.1 Å². The van der Waals surface area contributed by atoms with Crippen molar-refractivity contribution in [3.05, 3.63) is 29.3 Å². The maximum Gasteiger partial charge on any atom is 0.349 e. The fourth-order valence-corrected chi connectivity index (χ4v) is 3.98. The lowest BCUT2D eigenvalue weighted by molar-refractivity contribution is -0.154. The summed E-state index contributed by atoms with van der Waals surface area (Å²) < 4.78 is 10.9. The first-order valence-electron chi connectivity index (χ1n) is 10.7. The Hall–Kier alpha value is -1.88. The normalized spacial score (nSPS) is 18.7. The zero-order valence-corrected chi connectivity index (χ0v) is 17.4. The number of piperidine rings is 1. The second-order valence-corrected chi connectivity index (χ2v) is 8.52. The Morgan fingerprint density at radius 3 is 2.36 bits per heavy atom. The molecule has 1 aromatic rings. The van der Waals surface area contributed by atoms with Crippen molar-refractivity contribution in [3.63, 3.8) is 0 Å². The lowest BCUT2D eigenvalue weighted by atomic mass is 9.90. The van der Waals surface area contributed by atoms with Crippen molar-refractivity contribution >= 4 is 11.9 Å². The molecule has 0 bridgehead atoms. The molecular formula is C23H33NO4. The number of carbonyl (C=O) groups is 2. The summed E-state index contributed by atoms with van der Waals surface area (Å²) in [5, 5.41) is 0. The average molecular weight is 388 g/mol. The molecule has 154 valence electrons. The van der Waals surface area contributed by atoms with E-state index < -0.39 is 5.97 Å². The smallest absolute Gasteiger partial charge is 0.349 e. The molecule has 0 spiro atoms. The number of likely N-dealkylation sites (tertiary alicyclic amines) is 1. The van der Waals surface area contributed by atoms with Gasteiger partial charge in [0, 0.05) is 0 Å². The van der Waals surface area contributed by atoms with E-state index in [9.17, 15) is 9.59 Å². The van der Waals surface area contributed by atoms with Crippen LogP contribution in [0.1, 0.15) is 75.8 Å². The van der Waals surface area contributed by atoms with E-state index in [1.165, 1.54) is 19.3 Å². The first kappa shape index (κ1) is 20.8. The summed E-state index contributed by atoms with van der Waals surface area (Å²) in [4.78, 5) is 26.6. The van der Waals surface area contributed by atoms with E-state index in [2.05, 4.69) is 31.7 Å². The maximum atomic E-state index is 12.4. The van der Waals surface area contributed by atoms with Gasteiger partial charge in [-0.2, -0.15) is 0 Å². The molecule has 1 heterocycles. The highest BCUT2D eigenvalue weighted by atomic mass is 16.6. The number of hydrogen-bond acceptors (Lipinski definition) is 5. The second kappa shape index (κ2) is 9.55. The number of nitrogens with zero attached hydrogens (tertiary/aromatic N) is 1. The molecule has 1 aliphatic heterocycles. The number of para-hydroxylation sites is 1. The van der Waals surface area contributed by atoms with Crippen LogP contribution in [0, 0.1) is 5.92 Å². The summed E-state index contributed by atoms with van der Waals surface area (Å²) in [6.45, 7) is 8.14. The Morgan fingerprint density at radius 1 is 1.04 bits per heavy atom. The van der Waals surface area contributed by atoms with Crippen LogP contribution < -0.4 is 4.74 Å². The second-order valence-electron chi connectivity index (χ2n) is 8.52. The van der Waals surface area contributed by atoms with Crippen LogP contribution in [0.5, 0.6) is 5.75 Å². The minimum absolute atomic E-state index is 0.246. The van der Waals surface area contributed by atoms with E-state index in [0.717, 1.165) is 37.1 Å². The van der Waals surface area contributed by atoms with Crippen LogP contribution in [-0.2, 0) is 14.3 Å². The summed E-state index contributed by atoms with van der Waals surface area (Å²) >= 11 is 0. The third-order valence-electron chi connectivity index (χ3n) is 5.89. The van der Waals surface area contributed by atoms with Crippen LogP contribution in [0.3, 0.4) is 0 Å². The van der Waals surface area contributed by atoms with Gasteiger partial charge in [-0.3, -0.25) is 9.69 Å². The predicted molar refractivity (Wildman–Crippen MR) is 109 cm³/mol. The molecule has 1 saturated heterocycles. The van der Waals surface area contributed by atoms with Gasteiger partial charge in [-0.15, -0.1) is 0 Å². The predicted octanol–water partition coefficient (Wildman–Crippen LogP) is 4.26. The molecule has 3 rings (SSSR count). The van der Waals surface area contributed by atoms with Crippen LogP contribution in [-0.4, -0.2) is 43.1 Å². The first-order chi connectivity index (χ1) is 13.5. The van der Waals surface area contributed by atoms with Gasteiger partial charge in [0.05, 0.1) is 6.54 Å². The Bertz CT molecular complexity index is 690. The zero-order valence-electron chi connectivity index (χ0n) is 17.4. The fourth-order valence-electron chi connectivity index (χ4n) is 3.98. The Kier molecular flexibility index (Phi) is 7.11. The molecule has 2 fully saturated rings. The molecule has 1 atom stereocenters. The largest absolute Gasteiger partial charge is 0.453 e. The number of carbonyl (C=O) groups excluding carboxylic acids is 2. The number of ether oxygens (including phenoxy) is 2. The van der Waals surface area contributed by atoms with Crippen molar-refractivity contribution in [2.75, 3.05) is 26.2 Å². The van der Waals surface area contributed by atoms with E-state index >= 15 is 0 Å². The number of hydrogen-bond donors (Lipinski definition) is 0. The minimum atomic E-state index is -0.510. The van der Waals surface area contributed by atoms with E-state index in [1.807, 2.05) is 12.1 Å². The van der Waals surface area contributed by atoms with Crippen LogP contribution in [0.25, 0.3) is 0 Å². The molecule has 0 N–H and O–H groups in total. The van der Waals surface area contributed by atoms with Crippen LogP contribution >= 0.6 is 0 Å². The third-order valence-corrected chi connectivity index (χ3v) is 5.89. The van der Waals surface area contributed by atoms with Crippen LogP contribution in [0.15, 0.2) is 18.2 Å². The fraction of sp³-hybridized carbons (Fsp3) is 0.652. The summed E-state index contributed by atoms with van der Waals surface area (Å²) in [6.07, 6.45) is 5.91. The van der Waals surface area contributed by atoms with Gasteiger partial charge in [0.1, 0.15) is 5.75 Å². The zero-order chi connectivity index (χ0) is 20.1. The number of esters is 2. The third kappa shape index (κ3) is 5.57. The highest BCUT2D eigenvalue weighted by molar-refractivity contribution is 5.79. The molecular weight excluding hydrogens is 354 g/mol. The van der Waals surface area contributed by atoms with Crippen molar-refractivity contribution in [3.8, 4) is 5.75 Å². The molecule has 2 aliphatic rings. The Balaban J connectivity index is 1.60. The summed E-state index contributed by atoms with van der Waals surface area (Å²) in [5.41, 5.74) is 2.11. The van der Waals surface area contributed by atoms with E-state index in [0.29, 0.717) is 17.6 Å². The highest BCUT2D eigenvalue weighted by Crippen LogP contribution is 2.46. The quantitative estimate of drug-likeness (QED) is 0.493. The summed E-state index contributed by atoms with van der Waals surface area (Å²) in [5.74, 6) is 1.07. The van der Waals surface area contributed by atoms with Gasteiger partial charge in [0.15, 0.2) is 6.61 Å². The SMILES string of the molecule is CC(C)c1cccc([C@@H](C)C2CC2)c1OC(=O)COC(=O)CN1CCCCC1. The first-order valence-corrected chi connectivity index (χ1v) is 10.7. The average Bonchev–Trinajstić information content (AvgIpc) is 3.52. The van der Waals surface area contributed by atoms with Gasteiger partial charge < -0.3 is 9.47 Å². The molecule has 28 heavy (non-hydrogen) atoms. The molecule has 0 unspecified atom stereocenters. The maximum absolute atomic E-state index is 12.4. The topological polar surface area (TPSA) is 55.8 Å². The van der Waals surface area contributed by atoms with Gasteiger partial charge in [-0.1, -0.05) is 45.4 Å². The molecule has 1 aromatic carbocycles. The van der Waals surface area contributed by atoms with Gasteiger partial charge in [-0.05, 0) is 67.7 Å². The van der Waals surface area contributed by atoms with Gasteiger partial charge in [0.2, 0.25) is 0 Å². The molecule has 5 heteroatoms. The van der Waals surface area contributed by atoms with Crippen molar-refractivity contribution in [2.24, 2.45) is 5.92 Å². The molecule has 0 aromatic heterocycles. The molecule has 0 amide bonds. The monoisotopic (exact) mass is 387 g/mol. The van der Waals surface area contributed by atoms with E-state index in [4.69, 9.17) is 9.47 Å². The summed E-state index contributed by atoms with van der Waals surface area (Å²) in [6, 6.07) is 6.11. The Labute approximate surface area is 168 Å². The number of benzene rings is 1. The van der Waals surface area contributed by atoms with Crippen molar-refractivity contribution in [1.82, 2.24) is 4.90 Å². The van der Waals surface area contributed by atoms with Gasteiger partial charge in [-0.25, -0.2) is 4.79 Å². The molecule has 5 nitrogen and oxygen atoms in total. The molecule has 1 saturated carbocycles. The highest BCUT2D eigenvalue weighted by Gasteiger charge is 2.32. The van der Waals surface area contributed by atoms with E-state index in [-0.39, 0.29) is 25.0 Å². The Morgan fingerprint density at radius 2 is 1.71 bits per heavy atom. The van der Waals surface area contributed by atoms with Crippen molar-refractivity contribution in [2.45, 2.75) is 64.7 Å². The number of rotatable bonds is 8. The lowest BCUT2D eigenvalue weighted by Gasteiger charge is -2.25. The standard InChI is InChI=1S/C23H33NO4/c1-16(2)19-8-7-9-20(17(3)18-10-11-18)23(19)28-22(26)15-27-21(25)14-24-12-5-4-6-13-24/h7-9,16-18H,4-6,10-15H2,1-3H3/t17-/m0/s1. The van der Waals surface area contributed by atoms with Crippen LogP contribution in [0.2, 0.25) is 0 Å². The molecule has 1 aliphatic carbocycles. The molecule has 0 radical (unpaired) electrons. The minimum Gasteiger partial charge on any atom is -0.453 e. The summed E-state index contributed by atoms with van der Waals surface area (Å²) in [7, 11) is 0. The van der Waals surface area contributed by atoms with E-state index in [1.54, 1.807) is 0 Å². The van der Waals surface area contributed by atoms with Gasteiger partial charge in [0.25, 0.3) is 0 Å².